The molecule has 22 heteroatoms. The molecule has 21 nitrogen and oxygen atoms in total. The quantitative estimate of drug-likeness (QED) is 0.132. The number of cyclic esters (lactones) is 2. The van der Waals surface area contributed by atoms with Crippen molar-refractivity contribution in [3.05, 3.63) is 0 Å². The molecule has 0 aromatic heterocycles. The zero-order valence-electron chi connectivity index (χ0n) is 35.5. The van der Waals surface area contributed by atoms with Gasteiger partial charge in [-0.25, -0.2) is 24.0 Å². The number of carboxylic acids is 2. The first-order valence-corrected chi connectivity index (χ1v) is 17.1. The zero-order valence-corrected chi connectivity index (χ0v) is 36.9. The number of carboxylic acid groups (broad SMARTS) is 2. The van der Waals surface area contributed by atoms with Gasteiger partial charge >= 0.3 is 59.4 Å². The van der Waals surface area contributed by atoms with Crippen molar-refractivity contribution in [1.29, 1.82) is 0 Å². The van der Waals surface area contributed by atoms with Crippen LogP contribution < -0.4 is 20.8 Å². The Labute approximate surface area is 349 Å². The number of rotatable bonds is 10. The van der Waals surface area contributed by atoms with Crippen LogP contribution in [0.3, 0.4) is 0 Å². The number of carbonyl (C=O) groups excluding carboxylic acids is 7. The molecule has 0 bridgehead atoms. The van der Waals surface area contributed by atoms with Gasteiger partial charge in [0.2, 0.25) is 0 Å². The number of carbonyl (C=O) groups is 9. The van der Waals surface area contributed by atoms with E-state index in [9.17, 15) is 53.4 Å². The SMILES string of the molecule is CC(=O)C(NC(=O)OC(C)(C)C)C(=O)CN1CCOC1=O.CC(=O)C(NC(=O)OC(C)(C)C)C(=O)O.CC(C)(C)[O-].CC(C)(C)[O-].O=C(O)CN1CCOC1=O.[Mg+2]. The third-order valence-corrected chi connectivity index (χ3v) is 5.07. The van der Waals surface area contributed by atoms with Crippen molar-refractivity contribution in [2.24, 2.45) is 0 Å². The van der Waals surface area contributed by atoms with Crippen LogP contribution in [0.1, 0.15) is 96.9 Å². The van der Waals surface area contributed by atoms with Gasteiger partial charge in [-0.05, 0) is 55.4 Å². The number of hydrogen-bond acceptors (Lipinski definition) is 15. The maximum absolute atomic E-state index is 12.0. The standard InChI is InChI=1S/C13H20N2O6.C9H15NO5.C5H7NO4.2C4H9O.Mg/c1-8(16)10(14-11(18)21-13(2,3)4)9(17)7-15-5-6-20-12(15)19;1-5(11)6(7(12)13)10-8(14)15-9(2,3)4;7-4(8)3-6-1-2-10-5(6)9;2*1-4(2,3)5;/h10H,5-7H2,1-4H3,(H,14,18);6H,1-4H3,(H,10,14)(H,12,13);1-3H2,(H,7,8);2*1-3H3;/q;;;2*-1;+2. The van der Waals surface area contributed by atoms with Crippen molar-refractivity contribution in [2.45, 2.75) is 131 Å². The number of Topliss-reactive ketones (excluding diaryl/α,β-unsaturated/α-hetero) is 3. The Balaban J connectivity index is -0.000000340. The van der Waals surface area contributed by atoms with E-state index in [-0.39, 0.29) is 49.3 Å². The van der Waals surface area contributed by atoms with Gasteiger partial charge in [-0.2, -0.15) is 0 Å². The molecule has 57 heavy (non-hydrogen) atoms. The molecule has 4 N–H and O–H groups in total. The molecule has 0 spiro atoms. The minimum Gasteiger partial charge on any atom is -0.850 e. The average Bonchev–Trinajstić information content (AvgIpc) is 3.53. The predicted molar refractivity (Wildman–Crippen MR) is 199 cm³/mol. The summed E-state index contributed by atoms with van der Waals surface area (Å²) in [4.78, 5) is 102. The van der Waals surface area contributed by atoms with Crippen molar-refractivity contribution < 1.29 is 82.5 Å². The van der Waals surface area contributed by atoms with Crippen molar-refractivity contribution >= 4 is 76.7 Å². The van der Waals surface area contributed by atoms with Crippen molar-refractivity contribution in [3.8, 4) is 0 Å². The number of ether oxygens (including phenoxy) is 4. The van der Waals surface area contributed by atoms with E-state index in [2.05, 4.69) is 10.1 Å². The van der Waals surface area contributed by atoms with Crippen LogP contribution in [0.25, 0.3) is 0 Å². The van der Waals surface area contributed by atoms with Crippen molar-refractivity contribution in [2.75, 3.05) is 39.4 Å². The molecular formula is C35H60MgN4O17. The third kappa shape index (κ3) is 38.4. The minimum absolute atomic E-state index is 0. The van der Waals surface area contributed by atoms with Crippen LogP contribution in [0.2, 0.25) is 0 Å². The second-order valence-corrected chi connectivity index (χ2v) is 15.9. The van der Waals surface area contributed by atoms with Crippen molar-refractivity contribution in [1.82, 2.24) is 20.4 Å². The molecule has 2 rings (SSSR count). The summed E-state index contributed by atoms with van der Waals surface area (Å²) in [5, 5.41) is 41.2. The molecule has 2 saturated heterocycles. The second-order valence-electron chi connectivity index (χ2n) is 15.9. The molecule has 2 heterocycles. The predicted octanol–water partition coefficient (Wildman–Crippen LogP) is 0.476. The van der Waals surface area contributed by atoms with Gasteiger partial charge < -0.3 is 50.0 Å². The molecule has 0 aromatic carbocycles. The van der Waals surface area contributed by atoms with E-state index < -0.39 is 88.1 Å². The van der Waals surface area contributed by atoms with Gasteiger partial charge in [0.1, 0.15) is 31.0 Å². The second kappa shape index (κ2) is 26.6. The Kier molecular flexibility index (Phi) is 27.7. The first-order valence-electron chi connectivity index (χ1n) is 17.1. The van der Waals surface area contributed by atoms with Crippen LogP contribution in [0.5, 0.6) is 0 Å². The minimum atomic E-state index is -1.56. The number of nitrogens with zero attached hydrogens (tertiary/aromatic N) is 2. The van der Waals surface area contributed by atoms with Crippen LogP contribution in [0.15, 0.2) is 0 Å². The monoisotopic (exact) mass is 832 g/mol. The number of hydrogen-bond donors (Lipinski definition) is 4. The molecule has 4 amide bonds. The molecule has 2 atom stereocenters. The smallest absolute Gasteiger partial charge is 0.850 e. The van der Waals surface area contributed by atoms with Crippen LogP contribution in [-0.4, -0.2) is 171 Å². The Morgan fingerprint density at radius 3 is 1.18 bits per heavy atom. The summed E-state index contributed by atoms with van der Waals surface area (Å²) in [5.74, 6) is -4.20. The van der Waals surface area contributed by atoms with Gasteiger partial charge in [0.05, 0.1) is 19.6 Å². The van der Waals surface area contributed by atoms with E-state index in [4.69, 9.17) is 24.4 Å². The number of ketones is 3. The zero-order chi connectivity index (χ0) is 45.0. The number of nitrogens with one attached hydrogen (secondary N) is 2. The first kappa shape index (κ1) is 59.4. The summed E-state index contributed by atoms with van der Waals surface area (Å²) in [6, 6.07) is -2.90. The van der Waals surface area contributed by atoms with Gasteiger partial charge in [0.25, 0.3) is 0 Å². The normalized spacial score (nSPS) is 14.5. The molecular weight excluding hydrogens is 773 g/mol. The number of aliphatic carboxylic acids is 2. The molecule has 0 aliphatic carbocycles. The molecule has 324 valence electrons. The van der Waals surface area contributed by atoms with Gasteiger partial charge in [-0.15, -0.1) is 11.2 Å². The fourth-order valence-electron chi connectivity index (χ4n) is 3.18. The summed E-state index contributed by atoms with van der Waals surface area (Å²) < 4.78 is 19.0. The van der Waals surface area contributed by atoms with Crippen LogP contribution >= 0.6 is 0 Å². The van der Waals surface area contributed by atoms with Crippen LogP contribution in [0.4, 0.5) is 19.2 Å². The van der Waals surface area contributed by atoms with E-state index in [0.29, 0.717) is 13.2 Å². The summed E-state index contributed by atoms with van der Waals surface area (Å²) in [6.07, 6.45) is -2.93. The number of amides is 4. The maximum Gasteiger partial charge on any atom is 2.00 e. The summed E-state index contributed by atoms with van der Waals surface area (Å²) in [7, 11) is 0. The van der Waals surface area contributed by atoms with E-state index in [1.54, 1.807) is 83.1 Å². The van der Waals surface area contributed by atoms with Crippen LogP contribution in [-0.2, 0) is 42.9 Å². The Morgan fingerprint density at radius 1 is 0.649 bits per heavy atom. The first-order chi connectivity index (χ1) is 24.9. The van der Waals surface area contributed by atoms with E-state index in [1.165, 1.54) is 11.8 Å². The average molecular weight is 833 g/mol. The Bertz CT molecular complexity index is 1320. The molecule has 0 radical (unpaired) electrons. The summed E-state index contributed by atoms with van der Waals surface area (Å²) in [5.41, 5.74) is -2.98. The molecule has 2 aliphatic heterocycles. The summed E-state index contributed by atoms with van der Waals surface area (Å²) in [6.45, 7) is 22.6. The third-order valence-electron chi connectivity index (χ3n) is 5.07. The van der Waals surface area contributed by atoms with E-state index in [0.717, 1.165) is 11.8 Å². The van der Waals surface area contributed by atoms with Gasteiger partial charge in [-0.1, -0.05) is 41.5 Å². The maximum atomic E-state index is 12.0. The molecule has 2 unspecified atom stereocenters. The van der Waals surface area contributed by atoms with Gasteiger partial charge in [0, 0.05) is 0 Å². The van der Waals surface area contributed by atoms with Gasteiger partial charge in [-0.3, -0.25) is 29.0 Å². The fourth-order valence-corrected chi connectivity index (χ4v) is 3.18. The molecule has 2 aliphatic rings. The fraction of sp³-hybridized carbons (Fsp3) is 0.743. The molecule has 0 aromatic rings. The Morgan fingerprint density at radius 2 is 0.947 bits per heavy atom. The van der Waals surface area contributed by atoms with Crippen molar-refractivity contribution in [3.63, 3.8) is 0 Å². The van der Waals surface area contributed by atoms with E-state index >= 15 is 0 Å². The molecule has 0 saturated carbocycles. The summed E-state index contributed by atoms with van der Waals surface area (Å²) >= 11 is 0. The van der Waals surface area contributed by atoms with Crippen LogP contribution in [0, 0.1) is 0 Å². The Hall–Kier alpha value is -4.28. The molecule has 2 fully saturated rings. The number of alkyl carbamates (subject to hydrolysis) is 2. The largest absolute Gasteiger partial charge is 2.00 e. The topological polar surface area (TPSA) is 308 Å². The van der Waals surface area contributed by atoms with Gasteiger partial charge in [0.15, 0.2) is 29.4 Å². The van der Waals surface area contributed by atoms with E-state index in [1.807, 2.05) is 5.32 Å².